The van der Waals surface area contributed by atoms with Crippen molar-refractivity contribution in [3.8, 4) is 0 Å². The Kier molecular flexibility index (Phi) is 4.53. The first-order valence-electron chi connectivity index (χ1n) is 5.49. The third kappa shape index (κ3) is 3.97. The summed E-state index contributed by atoms with van der Waals surface area (Å²) in [4.78, 5) is 21.3. The highest BCUT2D eigenvalue weighted by molar-refractivity contribution is 5.78. The Morgan fingerprint density at radius 1 is 0.889 bits per heavy atom. The van der Waals surface area contributed by atoms with E-state index in [1.54, 1.807) is 38.1 Å². The fourth-order valence-electron chi connectivity index (χ4n) is 1.29. The molecule has 0 aliphatic rings. The van der Waals surface area contributed by atoms with E-state index >= 15 is 0 Å². The van der Waals surface area contributed by atoms with E-state index in [4.69, 9.17) is 10.2 Å². The maximum atomic E-state index is 10.7. The predicted molar refractivity (Wildman–Crippen MR) is 67.9 cm³/mol. The first-order valence-corrected chi connectivity index (χ1v) is 5.49. The average molecular weight is 252 g/mol. The number of carboxylic acids is 2. The van der Waals surface area contributed by atoms with Crippen LogP contribution in [0.3, 0.4) is 0 Å². The van der Waals surface area contributed by atoms with Crippen LogP contribution in [0.2, 0.25) is 0 Å². The highest BCUT2D eigenvalue weighted by Crippen LogP contribution is 2.15. The van der Waals surface area contributed by atoms with Gasteiger partial charge in [0.05, 0.1) is 0 Å². The molecular weight excluding hydrogens is 236 g/mol. The molecule has 1 aromatic rings. The molecular formula is C12H16N2O4. The minimum atomic E-state index is -0.934. The van der Waals surface area contributed by atoms with Crippen LogP contribution in [0.15, 0.2) is 24.3 Å². The monoisotopic (exact) mass is 252 g/mol. The van der Waals surface area contributed by atoms with Crippen molar-refractivity contribution in [1.82, 2.24) is 0 Å². The quantitative estimate of drug-likeness (QED) is 0.611. The van der Waals surface area contributed by atoms with Crippen LogP contribution in [0.1, 0.15) is 13.8 Å². The Morgan fingerprint density at radius 3 is 1.39 bits per heavy atom. The molecule has 98 valence electrons. The van der Waals surface area contributed by atoms with E-state index in [2.05, 4.69) is 10.6 Å². The van der Waals surface area contributed by atoms with Crippen LogP contribution in [0.5, 0.6) is 0 Å². The topological polar surface area (TPSA) is 98.7 Å². The van der Waals surface area contributed by atoms with Gasteiger partial charge < -0.3 is 20.8 Å². The van der Waals surface area contributed by atoms with Crippen LogP contribution in [0.4, 0.5) is 11.4 Å². The highest BCUT2D eigenvalue weighted by atomic mass is 16.4. The fourth-order valence-corrected chi connectivity index (χ4v) is 1.29. The molecule has 0 fully saturated rings. The molecule has 0 saturated heterocycles. The number of hydrogen-bond donors (Lipinski definition) is 4. The Bertz CT molecular complexity index is 389. The number of rotatable bonds is 6. The molecule has 0 aliphatic carbocycles. The van der Waals surface area contributed by atoms with Crippen LogP contribution < -0.4 is 10.6 Å². The SMILES string of the molecule is CC(Nc1ccc(NC(C)C(=O)O)cc1)C(=O)O. The predicted octanol–water partition coefficient (Wildman–Crippen LogP) is 1.46. The van der Waals surface area contributed by atoms with E-state index in [0.717, 1.165) is 0 Å². The molecule has 0 radical (unpaired) electrons. The fraction of sp³-hybridized carbons (Fsp3) is 0.333. The van der Waals surface area contributed by atoms with Crippen LogP contribution in [0, 0.1) is 0 Å². The van der Waals surface area contributed by atoms with Crippen molar-refractivity contribution >= 4 is 23.3 Å². The molecule has 0 amide bonds. The van der Waals surface area contributed by atoms with Gasteiger partial charge in [-0.1, -0.05) is 0 Å². The zero-order valence-electron chi connectivity index (χ0n) is 10.2. The third-order valence-electron chi connectivity index (χ3n) is 2.39. The van der Waals surface area contributed by atoms with Crippen LogP contribution >= 0.6 is 0 Å². The Morgan fingerprint density at radius 2 is 1.17 bits per heavy atom. The summed E-state index contributed by atoms with van der Waals surface area (Å²) in [6.45, 7) is 3.09. The molecule has 1 aromatic carbocycles. The molecule has 0 spiro atoms. The number of benzene rings is 1. The van der Waals surface area contributed by atoms with Crippen LogP contribution in [-0.2, 0) is 9.59 Å². The van der Waals surface area contributed by atoms with Crippen molar-refractivity contribution in [2.75, 3.05) is 10.6 Å². The summed E-state index contributed by atoms with van der Waals surface area (Å²) in [6.07, 6.45) is 0. The minimum absolute atomic E-state index is 0.665. The van der Waals surface area contributed by atoms with Crippen molar-refractivity contribution in [3.05, 3.63) is 24.3 Å². The van der Waals surface area contributed by atoms with Gasteiger partial charge in [0, 0.05) is 11.4 Å². The van der Waals surface area contributed by atoms with Gasteiger partial charge >= 0.3 is 11.9 Å². The van der Waals surface area contributed by atoms with Crippen molar-refractivity contribution in [2.45, 2.75) is 25.9 Å². The van der Waals surface area contributed by atoms with Gasteiger partial charge in [0.2, 0.25) is 0 Å². The van der Waals surface area contributed by atoms with Crippen molar-refractivity contribution < 1.29 is 19.8 Å². The summed E-state index contributed by atoms with van der Waals surface area (Å²) in [5, 5.41) is 23.1. The molecule has 0 heterocycles. The molecule has 6 heteroatoms. The first-order chi connectivity index (χ1) is 8.40. The molecule has 18 heavy (non-hydrogen) atoms. The summed E-state index contributed by atoms with van der Waals surface area (Å²) in [5.74, 6) is -1.87. The number of nitrogens with one attached hydrogen (secondary N) is 2. The van der Waals surface area contributed by atoms with Crippen molar-refractivity contribution in [2.24, 2.45) is 0 Å². The number of carbonyl (C=O) groups is 2. The van der Waals surface area contributed by atoms with Gasteiger partial charge in [-0.15, -0.1) is 0 Å². The van der Waals surface area contributed by atoms with Crippen LogP contribution in [-0.4, -0.2) is 34.2 Å². The van der Waals surface area contributed by atoms with Gasteiger partial charge in [-0.25, -0.2) is 0 Å². The van der Waals surface area contributed by atoms with Gasteiger partial charge in [-0.05, 0) is 38.1 Å². The lowest BCUT2D eigenvalue weighted by atomic mass is 10.2. The standard InChI is InChI=1S/C12H16N2O4/c1-7(11(15)16)13-9-3-5-10(6-4-9)14-8(2)12(17)18/h3-8,13-14H,1-2H3,(H,15,16)(H,17,18). The second-order valence-corrected chi connectivity index (χ2v) is 3.99. The van der Waals surface area contributed by atoms with E-state index in [1.807, 2.05) is 0 Å². The molecule has 6 nitrogen and oxygen atoms in total. The van der Waals surface area contributed by atoms with Gasteiger partial charge in [0.15, 0.2) is 0 Å². The summed E-state index contributed by atoms with van der Waals surface area (Å²) in [7, 11) is 0. The molecule has 0 aromatic heterocycles. The Hall–Kier alpha value is -2.24. The summed E-state index contributed by atoms with van der Waals surface area (Å²) < 4.78 is 0. The lowest BCUT2D eigenvalue weighted by Crippen LogP contribution is -2.26. The third-order valence-corrected chi connectivity index (χ3v) is 2.39. The molecule has 0 aliphatic heterocycles. The lowest BCUT2D eigenvalue weighted by molar-refractivity contribution is -0.138. The van der Waals surface area contributed by atoms with E-state index in [9.17, 15) is 9.59 Å². The number of aliphatic carboxylic acids is 2. The number of hydrogen-bond acceptors (Lipinski definition) is 4. The minimum Gasteiger partial charge on any atom is -0.480 e. The van der Waals surface area contributed by atoms with E-state index in [0.29, 0.717) is 11.4 Å². The molecule has 2 unspecified atom stereocenters. The number of carboxylic acid groups (broad SMARTS) is 2. The second-order valence-electron chi connectivity index (χ2n) is 3.99. The van der Waals surface area contributed by atoms with E-state index < -0.39 is 24.0 Å². The summed E-state index contributed by atoms with van der Waals surface area (Å²) in [6, 6.07) is 5.41. The number of anilines is 2. The molecule has 0 saturated carbocycles. The zero-order valence-corrected chi connectivity index (χ0v) is 10.2. The highest BCUT2D eigenvalue weighted by Gasteiger charge is 2.11. The molecule has 0 bridgehead atoms. The average Bonchev–Trinajstić information content (AvgIpc) is 2.31. The summed E-state index contributed by atoms with van der Waals surface area (Å²) >= 11 is 0. The largest absolute Gasteiger partial charge is 0.480 e. The zero-order chi connectivity index (χ0) is 13.7. The molecule has 1 rings (SSSR count). The van der Waals surface area contributed by atoms with Gasteiger partial charge in [0.1, 0.15) is 12.1 Å². The lowest BCUT2D eigenvalue weighted by Gasteiger charge is -2.13. The normalized spacial score (nSPS) is 13.4. The summed E-state index contributed by atoms with van der Waals surface area (Å²) in [5.41, 5.74) is 1.33. The first kappa shape index (κ1) is 13.8. The Labute approximate surface area is 105 Å². The van der Waals surface area contributed by atoms with Gasteiger partial charge in [-0.2, -0.15) is 0 Å². The maximum Gasteiger partial charge on any atom is 0.325 e. The molecule has 4 N–H and O–H groups in total. The van der Waals surface area contributed by atoms with Gasteiger partial charge in [-0.3, -0.25) is 9.59 Å². The Balaban J connectivity index is 2.63. The van der Waals surface area contributed by atoms with Gasteiger partial charge in [0.25, 0.3) is 0 Å². The van der Waals surface area contributed by atoms with Crippen molar-refractivity contribution in [1.29, 1.82) is 0 Å². The smallest absolute Gasteiger partial charge is 0.325 e. The van der Waals surface area contributed by atoms with E-state index in [-0.39, 0.29) is 0 Å². The molecule has 2 atom stereocenters. The van der Waals surface area contributed by atoms with E-state index in [1.165, 1.54) is 0 Å². The maximum absolute atomic E-state index is 10.7. The van der Waals surface area contributed by atoms with Crippen molar-refractivity contribution in [3.63, 3.8) is 0 Å². The second kappa shape index (κ2) is 5.90. The van der Waals surface area contributed by atoms with Crippen LogP contribution in [0.25, 0.3) is 0 Å².